The molecule has 0 aliphatic heterocycles. The summed E-state index contributed by atoms with van der Waals surface area (Å²) < 4.78 is 5.67. The molecule has 0 radical (unpaired) electrons. The highest BCUT2D eigenvalue weighted by atomic mass is 35.5. The third kappa shape index (κ3) is 3.97. The normalized spacial score (nSPS) is 9.95. The zero-order chi connectivity index (χ0) is 14.4. The minimum Gasteiger partial charge on any atom is -0.485 e. The number of nitrogens with zero attached hydrogens (tertiary/aromatic N) is 4. The maximum Gasteiger partial charge on any atom is 0.212 e. The van der Waals surface area contributed by atoms with Crippen LogP contribution in [-0.4, -0.2) is 26.1 Å². The van der Waals surface area contributed by atoms with E-state index in [1.54, 1.807) is 7.05 Å². The summed E-state index contributed by atoms with van der Waals surface area (Å²) in [6, 6.07) is 5.81. The Morgan fingerprint density at radius 2 is 2.25 bits per heavy atom. The van der Waals surface area contributed by atoms with E-state index in [4.69, 9.17) is 16.3 Å². The van der Waals surface area contributed by atoms with Crippen molar-refractivity contribution in [1.82, 2.24) is 20.2 Å². The third-order valence-electron chi connectivity index (χ3n) is 2.53. The van der Waals surface area contributed by atoms with E-state index in [0.29, 0.717) is 24.7 Å². The van der Waals surface area contributed by atoms with Gasteiger partial charge in [0.1, 0.15) is 5.75 Å². The molecule has 104 valence electrons. The second-order valence-electron chi connectivity index (χ2n) is 4.20. The predicted molar refractivity (Wildman–Crippen MR) is 76.5 cm³/mol. The van der Waals surface area contributed by atoms with E-state index in [1.807, 2.05) is 25.1 Å². The summed E-state index contributed by atoms with van der Waals surface area (Å²) in [5.41, 5.74) is 1.98. The Balaban J connectivity index is 2.01. The summed E-state index contributed by atoms with van der Waals surface area (Å²) in [6.45, 7) is 2.28. The molecule has 6 heteroatoms. The quantitative estimate of drug-likeness (QED) is 0.639. The minimum absolute atomic E-state index is 0.298. The highest BCUT2D eigenvalue weighted by Gasteiger charge is 2.04. The molecule has 0 spiro atoms. The zero-order valence-corrected chi connectivity index (χ0v) is 12.2. The molecule has 20 heavy (non-hydrogen) atoms. The van der Waals surface area contributed by atoms with Crippen molar-refractivity contribution in [1.29, 1.82) is 0 Å². The van der Waals surface area contributed by atoms with Crippen molar-refractivity contribution in [2.75, 3.05) is 5.88 Å². The van der Waals surface area contributed by atoms with Crippen LogP contribution in [0.5, 0.6) is 5.75 Å². The largest absolute Gasteiger partial charge is 0.485 e. The van der Waals surface area contributed by atoms with Gasteiger partial charge in [0.2, 0.25) is 5.82 Å². The molecule has 0 aliphatic rings. The van der Waals surface area contributed by atoms with Gasteiger partial charge in [0.05, 0.1) is 7.05 Å². The van der Waals surface area contributed by atoms with Crippen molar-refractivity contribution in [3.8, 4) is 17.6 Å². The number of aromatic nitrogens is 4. The third-order valence-corrected chi connectivity index (χ3v) is 2.72. The van der Waals surface area contributed by atoms with E-state index in [0.717, 1.165) is 16.9 Å². The Kier molecular flexibility index (Phi) is 4.97. The smallest absolute Gasteiger partial charge is 0.212 e. The van der Waals surface area contributed by atoms with Gasteiger partial charge in [-0.05, 0) is 35.9 Å². The summed E-state index contributed by atoms with van der Waals surface area (Å²) in [6.07, 6.45) is 0.692. The van der Waals surface area contributed by atoms with Crippen LogP contribution < -0.4 is 4.74 Å². The number of benzene rings is 1. The van der Waals surface area contributed by atoms with Gasteiger partial charge in [-0.2, -0.15) is 4.80 Å². The molecule has 0 aliphatic carbocycles. The number of ether oxygens (including phenoxy) is 1. The van der Waals surface area contributed by atoms with Crippen molar-refractivity contribution in [2.24, 2.45) is 7.05 Å². The molecule has 0 fully saturated rings. The lowest BCUT2D eigenvalue weighted by atomic mass is 10.1. The molecule has 0 saturated carbocycles. The van der Waals surface area contributed by atoms with Crippen LogP contribution in [0.2, 0.25) is 0 Å². The number of rotatable bonds is 4. The van der Waals surface area contributed by atoms with E-state index >= 15 is 0 Å². The molecular formula is C14H15ClN4O. The van der Waals surface area contributed by atoms with Gasteiger partial charge in [-0.1, -0.05) is 11.8 Å². The Morgan fingerprint density at radius 3 is 2.90 bits per heavy atom. The molecule has 1 aromatic carbocycles. The molecule has 1 aromatic heterocycles. The molecule has 0 unspecified atom stereocenters. The van der Waals surface area contributed by atoms with Gasteiger partial charge in [0, 0.05) is 17.9 Å². The van der Waals surface area contributed by atoms with Crippen LogP contribution in [-0.2, 0) is 13.7 Å². The molecule has 0 amide bonds. The van der Waals surface area contributed by atoms with Gasteiger partial charge in [0.15, 0.2) is 6.61 Å². The number of aryl methyl sites for hydroxylation is 2. The van der Waals surface area contributed by atoms with Gasteiger partial charge in [-0.25, -0.2) is 0 Å². The van der Waals surface area contributed by atoms with E-state index in [-0.39, 0.29) is 0 Å². The van der Waals surface area contributed by atoms with Gasteiger partial charge >= 0.3 is 0 Å². The fraction of sp³-hybridized carbons (Fsp3) is 0.357. The van der Waals surface area contributed by atoms with Gasteiger partial charge in [-0.3, -0.25) is 0 Å². The lowest BCUT2D eigenvalue weighted by molar-refractivity contribution is 0.293. The Morgan fingerprint density at radius 1 is 1.40 bits per heavy atom. The van der Waals surface area contributed by atoms with E-state index < -0.39 is 0 Å². The summed E-state index contributed by atoms with van der Waals surface area (Å²) in [7, 11) is 1.72. The first kappa shape index (κ1) is 14.4. The van der Waals surface area contributed by atoms with Crippen LogP contribution in [0, 0.1) is 18.8 Å². The monoisotopic (exact) mass is 290 g/mol. The molecule has 0 saturated heterocycles. The maximum absolute atomic E-state index is 5.67. The van der Waals surface area contributed by atoms with Crippen molar-refractivity contribution in [3.05, 3.63) is 35.2 Å². The van der Waals surface area contributed by atoms with E-state index in [9.17, 15) is 0 Å². The SMILES string of the molecule is Cc1cc(C#CCCCl)ccc1OCc1nnn(C)n1. The topological polar surface area (TPSA) is 52.8 Å². The summed E-state index contributed by atoms with van der Waals surface area (Å²) in [5.74, 6) is 7.97. The molecule has 2 rings (SSSR count). The van der Waals surface area contributed by atoms with Crippen molar-refractivity contribution in [2.45, 2.75) is 20.0 Å². The summed E-state index contributed by atoms with van der Waals surface area (Å²) in [5, 5.41) is 11.7. The molecular weight excluding hydrogens is 276 g/mol. The average molecular weight is 291 g/mol. The number of hydrogen-bond donors (Lipinski definition) is 0. The fourth-order valence-corrected chi connectivity index (χ4v) is 1.72. The van der Waals surface area contributed by atoms with Crippen LogP contribution >= 0.6 is 11.6 Å². The second kappa shape index (κ2) is 6.92. The van der Waals surface area contributed by atoms with Gasteiger partial charge in [-0.15, -0.1) is 21.8 Å². The first-order valence-corrected chi connectivity index (χ1v) is 6.73. The number of tetrazole rings is 1. The molecule has 1 heterocycles. The van der Waals surface area contributed by atoms with Crippen LogP contribution in [0.25, 0.3) is 0 Å². The van der Waals surface area contributed by atoms with Crippen LogP contribution in [0.1, 0.15) is 23.4 Å². The van der Waals surface area contributed by atoms with Crippen LogP contribution in [0.15, 0.2) is 18.2 Å². The minimum atomic E-state index is 0.298. The average Bonchev–Trinajstić information content (AvgIpc) is 2.84. The van der Waals surface area contributed by atoms with Gasteiger partial charge in [0.25, 0.3) is 0 Å². The molecule has 0 N–H and O–H groups in total. The van der Waals surface area contributed by atoms with Crippen LogP contribution in [0.3, 0.4) is 0 Å². The lowest BCUT2D eigenvalue weighted by Gasteiger charge is -2.07. The Bertz CT molecular complexity index is 642. The fourth-order valence-electron chi connectivity index (χ4n) is 1.62. The molecule has 5 nitrogen and oxygen atoms in total. The zero-order valence-electron chi connectivity index (χ0n) is 11.4. The van der Waals surface area contributed by atoms with Crippen molar-refractivity contribution < 1.29 is 4.74 Å². The molecule has 0 bridgehead atoms. The number of alkyl halides is 1. The Labute approximate surface area is 122 Å². The highest BCUT2D eigenvalue weighted by Crippen LogP contribution is 2.19. The standard InChI is InChI=1S/C14H15ClN4O/c1-11-9-12(5-3-4-8-15)6-7-13(11)20-10-14-16-18-19(2)17-14/h6-7,9H,4,8,10H2,1-2H3. The number of hydrogen-bond acceptors (Lipinski definition) is 4. The van der Waals surface area contributed by atoms with Gasteiger partial charge < -0.3 is 4.74 Å². The summed E-state index contributed by atoms with van der Waals surface area (Å²) in [4.78, 5) is 1.40. The van der Waals surface area contributed by atoms with E-state index in [1.165, 1.54) is 4.80 Å². The van der Waals surface area contributed by atoms with Crippen LogP contribution in [0.4, 0.5) is 0 Å². The maximum atomic E-state index is 5.67. The van der Waals surface area contributed by atoms with E-state index in [2.05, 4.69) is 27.3 Å². The first-order chi connectivity index (χ1) is 9.69. The Hall–Kier alpha value is -2.06. The predicted octanol–water partition coefficient (Wildman–Crippen LogP) is 2.08. The summed E-state index contributed by atoms with van der Waals surface area (Å²) >= 11 is 5.58. The van der Waals surface area contributed by atoms with Crippen molar-refractivity contribution in [3.63, 3.8) is 0 Å². The molecule has 0 atom stereocenters. The van der Waals surface area contributed by atoms with Crippen molar-refractivity contribution >= 4 is 11.6 Å². The molecule has 2 aromatic rings. The lowest BCUT2D eigenvalue weighted by Crippen LogP contribution is -2.00. The first-order valence-electron chi connectivity index (χ1n) is 6.20. The second-order valence-corrected chi connectivity index (χ2v) is 4.58. The number of halogens is 1. The highest BCUT2D eigenvalue weighted by molar-refractivity contribution is 6.18.